The summed E-state index contributed by atoms with van der Waals surface area (Å²) in [5, 5.41) is 1.14. The molecule has 0 atom stereocenters. The molecule has 3 N–H and O–H groups in total. The maximum absolute atomic E-state index is 11.6. The average molecular weight is 560 g/mol. The first kappa shape index (κ1) is 30.9. The number of primary amides is 1. The van der Waals surface area contributed by atoms with E-state index in [1.54, 1.807) is 0 Å². The van der Waals surface area contributed by atoms with Gasteiger partial charge in [-0.2, -0.15) is 0 Å². The van der Waals surface area contributed by atoms with E-state index in [4.69, 9.17) is 5.73 Å². The number of Topliss-reactive ketones (excluding diaryl/α,β-unsaturated/α-hetero) is 1. The second-order valence-electron chi connectivity index (χ2n) is 13.2. The number of carbonyl (C=O) groups excluding carboxylic acids is 2. The van der Waals surface area contributed by atoms with Crippen LogP contribution >= 0.6 is 0 Å². The lowest BCUT2D eigenvalue weighted by molar-refractivity contribution is -0.166. The molecule has 0 bridgehead atoms. The van der Waals surface area contributed by atoms with Gasteiger partial charge in [0, 0.05) is 49.0 Å². The summed E-state index contributed by atoms with van der Waals surface area (Å²) in [7, 11) is 2.14. The number of fused-ring (bicyclic) bond motifs is 1. The van der Waals surface area contributed by atoms with Gasteiger partial charge in [0.15, 0.2) is 0 Å². The molecule has 3 heterocycles. The van der Waals surface area contributed by atoms with E-state index >= 15 is 0 Å². The molecule has 1 aliphatic heterocycles. The number of rotatable bonds is 12. The van der Waals surface area contributed by atoms with Crippen molar-refractivity contribution in [1.29, 1.82) is 0 Å². The van der Waals surface area contributed by atoms with Crippen LogP contribution in [0.1, 0.15) is 90.1 Å². The van der Waals surface area contributed by atoms with Crippen molar-refractivity contribution in [2.24, 2.45) is 22.5 Å². The number of amides is 1. The van der Waals surface area contributed by atoms with Crippen LogP contribution in [0, 0.1) is 23.7 Å². The molecule has 1 amide bonds. The van der Waals surface area contributed by atoms with Gasteiger partial charge in [0.2, 0.25) is 5.91 Å². The van der Waals surface area contributed by atoms with Gasteiger partial charge in [-0.3, -0.25) is 14.6 Å². The molecule has 1 saturated carbocycles. The zero-order valence-electron chi connectivity index (χ0n) is 25.8. The molecule has 0 radical (unpaired) electrons. The number of unbranched alkanes of at least 4 members (excludes halogenated alkanes) is 3. The van der Waals surface area contributed by atoms with Gasteiger partial charge in [0.25, 0.3) is 0 Å². The second kappa shape index (κ2) is 13.3. The van der Waals surface area contributed by atoms with Crippen molar-refractivity contribution in [2.45, 2.75) is 91.9 Å². The highest BCUT2D eigenvalue weighted by atomic mass is 16.1. The van der Waals surface area contributed by atoms with Crippen LogP contribution in [0.2, 0.25) is 0 Å². The fourth-order valence-corrected chi connectivity index (χ4v) is 7.08. The van der Waals surface area contributed by atoms with E-state index in [0.717, 1.165) is 105 Å². The summed E-state index contributed by atoms with van der Waals surface area (Å²) in [5.41, 5.74) is 10.1. The van der Waals surface area contributed by atoms with E-state index in [-0.39, 0.29) is 11.3 Å². The maximum atomic E-state index is 11.6. The Morgan fingerprint density at radius 3 is 2.46 bits per heavy atom. The highest BCUT2D eigenvalue weighted by Crippen LogP contribution is 2.60. The number of aromatic nitrogens is 3. The molecule has 5 rings (SSSR count). The molecule has 1 saturated heterocycles. The molecule has 41 heavy (non-hydrogen) atoms. The number of nitrogens with zero attached hydrogens (tertiary/aromatic N) is 3. The highest BCUT2D eigenvalue weighted by molar-refractivity contribution is 5.84. The fourth-order valence-electron chi connectivity index (χ4n) is 7.08. The first-order chi connectivity index (χ1) is 19.5. The Balaban J connectivity index is 0.000000218. The smallest absolute Gasteiger partial charge is 0.223 e. The zero-order valence-corrected chi connectivity index (χ0v) is 25.8. The Hall–Kier alpha value is -3.06. The number of hydrogen-bond donors (Lipinski definition) is 2. The van der Waals surface area contributed by atoms with Crippen molar-refractivity contribution in [3.8, 4) is 11.3 Å². The van der Waals surface area contributed by atoms with E-state index in [0.29, 0.717) is 23.5 Å². The van der Waals surface area contributed by atoms with Gasteiger partial charge in [-0.05, 0) is 75.6 Å². The maximum Gasteiger partial charge on any atom is 0.223 e. The lowest BCUT2D eigenvalue weighted by Gasteiger charge is -2.63. The number of benzene rings is 1. The molecule has 222 valence electrons. The predicted molar refractivity (Wildman–Crippen MR) is 166 cm³/mol. The molecular weight excluding hydrogens is 510 g/mol. The molecular formula is C34H49N5O2. The molecule has 0 unspecified atom stereocenters. The number of H-pyrrole nitrogens is 1. The van der Waals surface area contributed by atoms with Gasteiger partial charge in [-0.25, -0.2) is 4.98 Å². The standard InChI is InChI=1S/C22H27N3O.C12H22N2O/c1-3-19(26)8-6-4-5-7-9-22-23-15-21(25-22)18-12-13-20-17(14-18)11-10-16(2)24-20;1-9(2)4-12(10(13)15)5-11(6-12)7-14(3)8-11/h10-15H,3-9H2,1-2H3,(H,23,25);9H,4-8H2,1-3H3,(H2,13,15). The van der Waals surface area contributed by atoms with Crippen LogP contribution in [0.25, 0.3) is 22.2 Å². The van der Waals surface area contributed by atoms with Crippen LogP contribution < -0.4 is 5.73 Å². The fraction of sp³-hybridized carbons (Fsp3) is 0.588. The number of hydrogen-bond acceptors (Lipinski definition) is 5. The number of ketones is 1. The van der Waals surface area contributed by atoms with E-state index < -0.39 is 0 Å². The third-order valence-corrected chi connectivity index (χ3v) is 8.74. The van der Waals surface area contributed by atoms with Crippen LogP contribution in [0.4, 0.5) is 0 Å². The van der Waals surface area contributed by atoms with Gasteiger partial charge in [0.05, 0.1) is 22.8 Å². The Kier molecular flexibility index (Phi) is 10.0. The zero-order chi connectivity index (χ0) is 29.6. The van der Waals surface area contributed by atoms with Crippen molar-refractivity contribution in [1.82, 2.24) is 19.9 Å². The molecule has 2 fully saturated rings. The van der Waals surface area contributed by atoms with Gasteiger partial charge in [0.1, 0.15) is 11.6 Å². The molecule has 3 aromatic rings. The summed E-state index contributed by atoms with van der Waals surface area (Å²) >= 11 is 0. The van der Waals surface area contributed by atoms with Crippen LogP contribution in [0.15, 0.2) is 36.5 Å². The number of nitrogens with two attached hydrogens (primary N) is 1. The minimum Gasteiger partial charge on any atom is -0.369 e. The number of imidazole rings is 1. The lowest BCUT2D eigenvalue weighted by atomic mass is 9.47. The molecule has 7 heteroatoms. The predicted octanol–water partition coefficient (Wildman–Crippen LogP) is 6.64. The monoisotopic (exact) mass is 559 g/mol. The molecule has 2 aromatic heterocycles. The third kappa shape index (κ3) is 7.82. The minimum atomic E-state index is -0.171. The number of carbonyl (C=O) groups is 2. The molecule has 7 nitrogen and oxygen atoms in total. The molecule has 1 aliphatic carbocycles. The van der Waals surface area contributed by atoms with Crippen molar-refractivity contribution in [2.75, 3.05) is 20.1 Å². The third-order valence-electron chi connectivity index (χ3n) is 8.74. The van der Waals surface area contributed by atoms with Crippen LogP contribution in [0.5, 0.6) is 0 Å². The summed E-state index contributed by atoms with van der Waals surface area (Å²) < 4.78 is 0. The number of pyridine rings is 1. The summed E-state index contributed by atoms with van der Waals surface area (Å²) in [6.45, 7) is 10.6. The Labute approximate surface area is 245 Å². The van der Waals surface area contributed by atoms with E-state index in [1.165, 1.54) is 0 Å². The van der Waals surface area contributed by atoms with Gasteiger partial charge < -0.3 is 15.6 Å². The summed E-state index contributed by atoms with van der Waals surface area (Å²) in [6.07, 6.45) is 11.7. The Bertz CT molecular complexity index is 1330. The Morgan fingerprint density at radius 2 is 1.80 bits per heavy atom. The Morgan fingerprint density at radius 1 is 1.07 bits per heavy atom. The van der Waals surface area contributed by atoms with Crippen molar-refractivity contribution < 1.29 is 9.59 Å². The van der Waals surface area contributed by atoms with Gasteiger partial charge in [-0.15, -0.1) is 0 Å². The summed E-state index contributed by atoms with van der Waals surface area (Å²) in [4.78, 5) is 37.7. The normalized spacial score (nSPS) is 17.1. The quantitative estimate of drug-likeness (QED) is 0.242. The van der Waals surface area contributed by atoms with E-state index in [1.807, 2.05) is 26.1 Å². The lowest BCUT2D eigenvalue weighted by Crippen LogP contribution is -2.67. The molecule has 2 aliphatic rings. The van der Waals surface area contributed by atoms with Crippen LogP contribution in [-0.2, 0) is 16.0 Å². The average Bonchev–Trinajstić information content (AvgIpc) is 3.37. The largest absolute Gasteiger partial charge is 0.369 e. The van der Waals surface area contributed by atoms with Crippen molar-refractivity contribution in [3.63, 3.8) is 0 Å². The van der Waals surface area contributed by atoms with Crippen LogP contribution in [-0.4, -0.2) is 51.7 Å². The number of aryl methyl sites for hydroxylation is 2. The first-order valence-electron chi connectivity index (χ1n) is 15.4. The second-order valence-corrected chi connectivity index (χ2v) is 13.2. The minimum absolute atomic E-state index is 0.0728. The highest BCUT2D eigenvalue weighted by Gasteiger charge is 2.61. The van der Waals surface area contributed by atoms with Gasteiger partial charge in [-0.1, -0.05) is 45.7 Å². The first-order valence-corrected chi connectivity index (χ1v) is 15.4. The van der Waals surface area contributed by atoms with Crippen molar-refractivity contribution >= 4 is 22.6 Å². The SMILES string of the molecule is CC(C)CC1(C(N)=O)CC2(CN(C)C2)C1.CCC(=O)CCCCCCc1ncc(-c2ccc3nc(C)ccc3c2)[nH]1. The topological polar surface area (TPSA) is 105 Å². The summed E-state index contributed by atoms with van der Waals surface area (Å²) in [5.74, 6) is 1.90. The summed E-state index contributed by atoms with van der Waals surface area (Å²) in [6, 6.07) is 10.5. The molecule has 1 spiro atoms. The van der Waals surface area contributed by atoms with Gasteiger partial charge >= 0.3 is 0 Å². The van der Waals surface area contributed by atoms with Crippen LogP contribution in [0.3, 0.4) is 0 Å². The number of aromatic amines is 1. The van der Waals surface area contributed by atoms with E-state index in [9.17, 15) is 9.59 Å². The number of nitrogens with one attached hydrogen (secondary N) is 1. The van der Waals surface area contributed by atoms with E-state index in [2.05, 4.69) is 65.0 Å². The number of likely N-dealkylation sites (tertiary alicyclic amines) is 1. The molecule has 1 aromatic carbocycles. The van der Waals surface area contributed by atoms with Crippen molar-refractivity contribution in [3.05, 3.63) is 48.0 Å².